The van der Waals surface area contributed by atoms with E-state index in [9.17, 15) is 4.79 Å². The first-order valence-corrected chi connectivity index (χ1v) is 6.58. The summed E-state index contributed by atoms with van der Waals surface area (Å²) < 4.78 is 0. The van der Waals surface area contributed by atoms with Gasteiger partial charge in [0.25, 0.3) is 0 Å². The van der Waals surface area contributed by atoms with Crippen LogP contribution in [-0.4, -0.2) is 5.78 Å². The minimum atomic E-state index is 0.0446. The average molecular weight is 253 g/mol. The molecule has 0 bridgehead atoms. The summed E-state index contributed by atoms with van der Waals surface area (Å²) in [5.41, 5.74) is 9.57. The third-order valence-corrected chi connectivity index (χ3v) is 3.32. The van der Waals surface area contributed by atoms with Crippen LogP contribution in [0.1, 0.15) is 46.4 Å². The molecule has 2 nitrogen and oxygen atoms in total. The lowest BCUT2D eigenvalue weighted by molar-refractivity contribution is 0.103. The molecule has 2 aromatic rings. The molecule has 0 amide bonds. The van der Waals surface area contributed by atoms with E-state index in [-0.39, 0.29) is 11.8 Å². The second kappa shape index (κ2) is 5.81. The van der Waals surface area contributed by atoms with Gasteiger partial charge in [0, 0.05) is 17.2 Å². The van der Waals surface area contributed by atoms with Gasteiger partial charge in [0.2, 0.25) is 0 Å². The fourth-order valence-corrected chi connectivity index (χ4v) is 2.07. The number of benzene rings is 2. The molecular weight excluding hydrogens is 234 g/mol. The van der Waals surface area contributed by atoms with Crippen LogP contribution >= 0.6 is 0 Å². The molecule has 0 aromatic heterocycles. The summed E-state index contributed by atoms with van der Waals surface area (Å²) in [5, 5.41) is 0. The lowest BCUT2D eigenvalue weighted by atomic mass is 9.98. The van der Waals surface area contributed by atoms with Gasteiger partial charge in [-0.1, -0.05) is 55.0 Å². The Bertz CT molecular complexity index is 572. The van der Waals surface area contributed by atoms with Crippen LogP contribution in [0.3, 0.4) is 0 Å². The van der Waals surface area contributed by atoms with E-state index in [1.807, 2.05) is 55.5 Å². The van der Waals surface area contributed by atoms with Crippen LogP contribution in [0.15, 0.2) is 48.5 Å². The van der Waals surface area contributed by atoms with E-state index in [1.165, 1.54) is 0 Å². The van der Waals surface area contributed by atoms with E-state index in [0.717, 1.165) is 23.1 Å². The molecule has 0 spiro atoms. The van der Waals surface area contributed by atoms with Crippen molar-refractivity contribution in [1.82, 2.24) is 0 Å². The zero-order valence-electron chi connectivity index (χ0n) is 11.4. The largest absolute Gasteiger partial charge is 0.324 e. The summed E-state index contributed by atoms with van der Waals surface area (Å²) in [5.74, 6) is 0.0559. The molecule has 2 N–H and O–H groups in total. The number of hydrogen-bond acceptors (Lipinski definition) is 2. The molecule has 1 atom stereocenters. The molecule has 0 fully saturated rings. The molecule has 19 heavy (non-hydrogen) atoms. The van der Waals surface area contributed by atoms with Crippen LogP contribution in [0.4, 0.5) is 0 Å². The summed E-state index contributed by atoms with van der Waals surface area (Å²) in [4.78, 5) is 12.3. The van der Waals surface area contributed by atoms with E-state index in [2.05, 4.69) is 6.92 Å². The highest BCUT2D eigenvalue weighted by atomic mass is 16.1. The molecule has 2 rings (SSSR count). The molecule has 1 unspecified atom stereocenters. The quantitative estimate of drug-likeness (QED) is 0.845. The van der Waals surface area contributed by atoms with Gasteiger partial charge in [-0.25, -0.2) is 0 Å². The normalized spacial score (nSPS) is 12.2. The van der Waals surface area contributed by atoms with Crippen molar-refractivity contribution in [2.24, 2.45) is 5.73 Å². The van der Waals surface area contributed by atoms with Gasteiger partial charge in [0.05, 0.1) is 0 Å². The van der Waals surface area contributed by atoms with Gasteiger partial charge >= 0.3 is 0 Å². The van der Waals surface area contributed by atoms with Gasteiger partial charge in [-0.3, -0.25) is 4.79 Å². The Morgan fingerprint density at radius 1 is 1.11 bits per heavy atom. The zero-order valence-corrected chi connectivity index (χ0v) is 11.4. The van der Waals surface area contributed by atoms with E-state index < -0.39 is 0 Å². The molecule has 0 aliphatic rings. The van der Waals surface area contributed by atoms with Gasteiger partial charge in [0.15, 0.2) is 5.78 Å². The first-order chi connectivity index (χ1) is 9.11. The molecule has 0 saturated heterocycles. The second-order valence-electron chi connectivity index (χ2n) is 4.84. The third-order valence-electron chi connectivity index (χ3n) is 3.32. The van der Waals surface area contributed by atoms with Crippen LogP contribution < -0.4 is 5.73 Å². The van der Waals surface area contributed by atoms with Gasteiger partial charge < -0.3 is 5.73 Å². The minimum Gasteiger partial charge on any atom is -0.324 e. The summed E-state index contributed by atoms with van der Waals surface area (Å²) in [6.45, 7) is 4.04. The van der Waals surface area contributed by atoms with Crippen molar-refractivity contribution in [3.8, 4) is 0 Å². The van der Waals surface area contributed by atoms with Crippen LogP contribution in [0.25, 0.3) is 0 Å². The molecule has 0 saturated carbocycles. The predicted octanol–water partition coefficient (Wildman–Crippen LogP) is 3.64. The Labute approximate surface area is 114 Å². The standard InChI is InChI=1S/C17H19NO/c1-3-16(18)13-7-9-14(10-8-13)17(19)15-6-4-5-12(2)11-15/h4-11,16H,3,18H2,1-2H3. The van der Waals surface area contributed by atoms with Gasteiger partial charge in [-0.15, -0.1) is 0 Å². The number of carbonyl (C=O) groups excluding carboxylic acids is 1. The van der Waals surface area contributed by atoms with Crippen molar-refractivity contribution >= 4 is 5.78 Å². The Kier molecular flexibility index (Phi) is 4.13. The number of hydrogen-bond donors (Lipinski definition) is 1. The highest BCUT2D eigenvalue weighted by Gasteiger charge is 2.10. The Balaban J connectivity index is 2.25. The monoisotopic (exact) mass is 253 g/mol. The molecule has 0 aliphatic carbocycles. The van der Waals surface area contributed by atoms with Crippen molar-refractivity contribution in [2.75, 3.05) is 0 Å². The third kappa shape index (κ3) is 3.09. The first kappa shape index (κ1) is 13.5. The molecule has 0 heterocycles. The molecule has 2 aromatic carbocycles. The second-order valence-corrected chi connectivity index (χ2v) is 4.84. The Hall–Kier alpha value is -1.93. The fourth-order valence-electron chi connectivity index (χ4n) is 2.07. The number of aryl methyl sites for hydroxylation is 1. The van der Waals surface area contributed by atoms with Crippen molar-refractivity contribution < 1.29 is 4.79 Å². The molecular formula is C17H19NO. The average Bonchev–Trinajstić information content (AvgIpc) is 2.46. The molecule has 0 aliphatic heterocycles. The molecule has 98 valence electrons. The van der Waals surface area contributed by atoms with Gasteiger partial charge in [0.1, 0.15) is 0 Å². The van der Waals surface area contributed by atoms with Gasteiger partial charge in [-0.2, -0.15) is 0 Å². The zero-order chi connectivity index (χ0) is 13.8. The SMILES string of the molecule is CCC(N)c1ccc(C(=O)c2cccc(C)c2)cc1. The summed E-state index contributed by atoms with van der Waals surface area (Å²) in [7, 11) is 0. The van der Waals surface area contributed by atoms with Crippen LogP contribution in [0.2, 0.25) is 0 Å². The van der Waals surface area contributed by atoms with Crippen LogP contribution in [0, 0.1) is 6.92 Å². The minimum absolute atomic E-state index is 0.0446. The lowest BCUT2D eigenvalue weighted by Crippen LogP contribution is -2.09. The predicted molar refractivity (Wildman–Crippen MR) is 78.3 cm³/mol. The summed E-state index contributed by atoms with van der Waals surface area (Å²) in [6.07, 6.45) is 0.894. The van der Waals surface area contributed by atoms with Crippen molar-refractivity contribution in [2.45, 2.75) is 26.3 Å². The Morgan fingerprint density at radius 2 is 1.79 bits per heavy atom. The maximum Gasteiger partial charge on any atom is 0.193 e. The summed E-state index contributed by atoms with van der Waals surface area (Å²) in [6, 6.07) is 15.3. The van der Waals surface area contributed by atoms with Gasteiger partial charge in [-0.05, 0) is 25.0 Å². The van der Waals surface area contributed by atoms with Crippen molar-refractivity contribution in [3.05, 3.63) is 70.8 Å². The fraction of sp³-hybridized carbons (Fsp3) is 0.235. The van der Waals surface area contributed by atoms with Crippen molar-refractivity contribution in [1.29, 1.82) is 0 Å². The highest BCUT2D eigenvalue weighted by Crippen LogP contribution is 2.17. The lowest BCUT2D eigenvalue weighted by Gasteiger charge is -2.09. The van der Waals surface area contributed by atoms with E-state index in [0.29, 0.717) is 5.56 Å². The molecule has 0 radical (unpaired) electrons. The topological polar surface area (TPSA) is 43.1 Å². The molecule has 2 heteroatoms. The van der Waals surface area contributed by atoms with E-state index >= 15 is 0 Å². The number of nitrogens with two attached hydrogens (primary N) is 1. The van der Waals surface area contributed by atoms with E-state index in [4.69, 9.17) is 5.73 Å². The van der Waals surface area contributed by atoms with E-state index in [1.54, 1.807) is 0 Å². The number of rotatable bonds is 4. The Morgan fingerprint density at radius 3 is 2.37 bits per heavy atom. The summed E-state index contributed by atoms with van der Waals surface area (Å²) >= 11 is 0. The number of carbonyl (C=O) groups is 1. The van der Waals surface area contributed by atoms with Crippen molar-refractivity contribution in [3.63, 3.8) is 0 Å². The number of ketones is 1. The smallest absolute Gasteiger partial charge is 0.193 e. The van der Waals surface area contributed by atoms with Crippen LogP contribution in [0.5, 0.6) is 0 Å². The first-order valence-electron chi connectivity index (χ1n) is 6.58. The maximum absolute atomic E-state index is 12.3. The van der Waals surface area contributed by atoms with Crippen LogP contribution in [-0.2, 0) is 0 Å². The maximum atomic E-state index is 12.3. The highest BCUT2D eigenvalue weighted by molar-refractivity contribution is 6.09.